The van der Waals surface area contributed by atoms with E-state index in [1.54, 1.807) is 29.9 Å². The van der Waals surface area contributed by atoms with E-state index in [0.717, 1.165) is 10.9 Å². The van der Waals surface area contributed by atoms with Crippen LogP contribution in [0.4, 0.5) is 5.82 Å². The zero-order valence-electron chi connectivity index (χ0n) is 16.0. The van der Waals surface area contributed by atoms with Crippen molar-refractivity contribution in [3.8, 4) is 5.75 Å². The fourth-order valence-electron chi connectivity index (χ4n) is 3.17. The molecule has 0 saturated carbocycles. The van der Waals surface area contributed by atoms with Crippen LogP contribution in [-0.4, -0.2) is 26.4 Å². The molecule has 0 bridgehead atoms. The number of amides is 1. The number of nitrogens with one attached hydrogen (secondary N) is 1. The molecule has 0 unspecified atom stereocenters. The minimum absolute atomic E-state index is 0.0147. The highest BCUT2D eigenvalue weighted by Gasteiger charge is 2.18. The van der Waals surface area contributed by atoms with Crippen molar-refractivity contribution in [2.24, 2.45) is 14.1 Å². The maximum atomic E-state index is 12.8. The molecule has 2 aromatic carbocycles. The van der Waals surface area contributed by atoms with Crippen molar-refractivity contribution in [1.29, 1.82) is 0 Å². The molecule has 2 heterocycles. The molecule has 4 rings (SSSR count). The zero-order chi connectivity index (χ0) is 20.0. The topological polar surface area (TPSA) is 91.3 Å². The third-order valence-electron chi connectivity index (χ3n) is 4.49. The molecule has 0 aliphatic rings. The van der Waals surface area contributed by atoms with Crippen LogP contribution in [0.5, 0.6) is 5.75 Å². The van der Waals surface area contributed by atoms with Crippen molar-refractivity contribution in [2.45, 2.75) is 20.0 Å². The van der Waals surface area contributed by atoms with Gasteiger partial charge in [-0.15, -0.1) is 0 Å². The number of carbonyl (C=O) groups excluding carboxylic acids is 1. The third kappa shape index (κ3) is 2.92. The molecule has 1 amide bonds. The van der Waals surface area contributed by atoms with Gasteiger partial charge in [0.05, 0.1) is 22.5 Å². The molecule has 1 N–H and O–H groups in total. The molecule has 0 radical (unpaired) electrons. The summed E-state index contributed by atoms with van der Waals surface area (Å²) >= 11 is 0. The maximum Gasteiger partial charge on any atom is 0.419 e. The zero-order valence-corrected chi connectivity index (χ0v) is 16.0. The molecule has 0 fully saturated rings. The molecule has 8 nitrogen and oxygen atoms in total. The van der Waals surface area contributed by atoms with Gasteiger partial charge in [0.15, 0.2) is 11.4 Å². The second-order valence-corrected chi connectivity index (χ2v) is 6.85. The Morgan fingerprint density at radius 3 is 2.71 bits per heavy atom. The summed E-state index contributed by atoms with van der Waals surface area (Å²) in [4.78, 5) is 24.5. The number of rotatable bonds is 4. The van der Waals surface area contributed by atoms with Gasteiger partial charge in [-0.1, -0.05) is 6.07 Å². The molecule has 2 aromatic heterocycles. The average Bonchev–Trinajstić information content (AvgIpc) is 3.12. The van der Waals surface area contributed by atoms with Gasteiger partial charge in [-0.25, -0.2) is 4.79 Å². The van der Waals surface area contributed by atoms with Gasteiger partial charge < -0.3 is 14.5 Å². The Balaban J connectivity index is 1.74. The number of fused-ring (bicyclic) bond motifs is 2. The van der Waals surface area contributed by atoms with Crippen LogP contribution in [-0.2, 0) is 14.1 Å². The largest absolute Gasteiger partial charge is 0.490 e. The first-order valence-corrected chi connectivity index (χ1v) is 8.88. The van der Waals surface area contributed by atoms with Crippen molar-refractivity contribution < 1.29 is 13.9 Å². The van der Waals surface area contributed by atoms with Gasteiger partial charge in [-0.2, -0.15) is 5.10 Å². The summed E-state index contributed by atoms with van der Waals surface area (Å²) in [6, 6.07) is 10.5. The summed E-state index contributed by atoms with van der Waals surface area (Å²) in [5, 5.41) is 8.04. The van der Waals surface area contributed by atoms with Crippen LogP contribution in [0, 0.1) is 0 Å². The van der Waals surface area contributed by atoms with Crippen molar-refractivity contribution in [1.82, 2.24) is 14.3 Å². The van der Waals surface area contributed by atoms with Gasteiger partial charge in [0.2, 0.25) is 0 Å². The predicted molar refractivity (Wildman–Crippen MR) is 106 cm³/mol. The standard InChI is InChI=1S/C20H20N4O4/c1-11(2)27-16-7-5-6-13-17(16)18(22-24(13)4)21-19(25)12-8-9-15-14(10-12)23(3)20(26)28-15/h5-11H,1-4H3,(H,21,22,25). The van der Waals surface area contributed by atoms with Gasteiger partial charge in [0.25, 0.3) is 5.91 Å². The van der Waals surface area contributed by atoms with Crippen LogP contribution in [0.15, 0.2) is 45.6 Å². The van der Waals surface area contributed by atoms with Crippen molar-refractivity contribution in [2.75, 3.05) is 5.32 Å². The Kier molecular flexibility index (Phi) is 4.18. The predicted octanol–water partition coefficient (Wildman–Crippen LogP) is 3.06. The normalized spacial score (nSPS) is 11.5. The summed E-state index contributed by atoms with van der Waals surface area (Å²) < 4.78 is 14.1. The number of benzene rings is 2. The molecule has 8 heteroatoms. The van der Waals surface area contributed by atoms with Crippen molar-refractivity contribution >= 4 is 33.7 Å². The van der Waals surface area contributed by atoms with Gasteiger partial charge in [-0.05, 0) is 44.2 Å². The molecular weight excluding hydrogens is 360 g/mol. The van der Waals surface area contributed by atoms with Crippen LogP contribution in [0.1, 0.15) is 24.2 Å². The summed E-state index contributed by atoms with van der Waals surface area (Å²) in [6.07, 6.45) is -0.0147. The first kappa shape index (κ1) is 17.8. The first-order chi connectivity index (χ1) is 13.3. The molecule has 144 valence electrons. The number of hydrogen-bond acceptors (Lipinski definition) is 5. The molecular formula is C20H20N4O4. The van der Waals surface area contributed by atoms with Crippen LogP contribution in [0.3, 0.4) is 0 Å². The maximum absolute atomic E-state index is 12.8. The summed E-state index contributed by atoms with van der Waals surface area (Å²) in [7, 11) is 3.40. The first-order valence-electron chi connectivity index (χ1n) is 8.88. The highest BCUT2D eigenvalue weighted by atomic mass is 16.5. The molecule has 0 aliphatic carbocycles. The van der Waals surface area contributed by atoms with Gasteiger partial charge in [-0.3, -0.25) is 14.0 Å². The minimum atomic E-state index is -0.473. The molecule has 28 heavy (non-hydrogen) atoms. The third-order valence-corrected chi connectivity index (χ3v) is 4.49. The van der Waals surface area contributed by atoms with Crippen LogP contribution in [0.2, 0.25) is 0 Å². The molecule has 0 aliphatic heterocycles. The fourth-order valence-corrected chi connectivity index (χ4v) is 3.17. The number of nitrogens with zero attached hydrogens (tertiary/aromatic N) is 3. The molecule has 4 aromatic rings. The number of ether oxygens (including phenoxy) is 1. The monoisotopic (exact) mass is 380 g/mol. The smallest absolute Gasteiger partial charge is 0.419 e. The number of aryl methyl sites for hydroxylation is 2. The van der Waals surface area contributed by atoms with Crippen LogP contribution in [0.25, 0.3) is 22.0 Å². The van der Waals surface area contributed by atoms with E-state index in [4.69, 9.17) is 9.15 Å². The molecule has 0 spiro atoms. The van der Waals surface area contributed by atoms with Crippen molar-refractivity contribution in [3.05, 3.63) is 52.5 Å². The second kappa shape index (κ2) is 6.56. The minimum Gasteiger partial charge on any atom is -0.490 e. The molecule has 0 saturated heterocycles. The van der Waals surface area contributed by atoms with E-state index in [1.807, 2.05) is 39.1 Å². The van der Waals surface area contributed by atoms with E-state index in [2.05, 4.69) is 10.4 Å². The lowest BCUT2D eigenvalue weighted by Crippen LogP contribution is -2.14. The average molecular weight is 380 g/mol. The quantitative estimate of drug-likeness (QED) is 0.588. The summed E-state index contributed by atoms with van der Waals surface area (Å²) in [5.41, 5.74) is 2.22. The van der Waals surface area contributed by atoms with Gasteiger partial charge >= 0.3 is 5.76 Å². The van der Waals surface area contributed by atoms with E-state index in [9.17, 15) is 9.59 Å². The van der Waals surface area contributed by atoms with E-state index >= 15 is 0 Å². The number of hydrogen-bond donors (Lipinski definition) is 1. The Bertz CT molecular complexity index is 1260. The van der Waals surface area contributed by atoms with E-state index in [0.29, 0.717) is 28.2 Å². The van der Waals surface area contributed by atoms with Crippen molar-refractivity contribution in [3.63, 3.8) is 0 Å². The van der Waals surface area contributed by atoms with Crippen LogP contribution < -0.4 is 15.8 Å². The SMILES string of the molecule is CC(C)Oc1cccc2c1c(NC(=O)c1ccc3oc(=O)n(C)c3c1)nn2C. The summed E-state index contributed by atoms with van der Waals surface area (Å²) in [5.74, 6) is 0.261. The highest BCUT2D eigenvalue weighted by Crippen LogP contribution is 2.32. The summed E-state index contributed by atoms with van der Waals surface area (Å²) in [6.45, 7) is 3.88. The lowest BCUT2D eigenvalue weighted by molar-refractivity contribution is 0.102. The van der Waals surface area contributed by atoms with E-state index in [-0.39, 0.29) is 12.0 Å². The Morgan fingerprint density at radius 1 is 1.18 bits per heavy atom. The number of aromatic nitrogens is 3. The van der Waals surface area contributed by atoms with E-state index in [1.165, 1.54) is 4.57 Å². The number of carbonyl (C=O) groups is 1. The van der Waals surface area contributed by atoms with Gasteiger partial charge in [0, 0.05) is 19.7 Å². The Labute approximate surface area is 160 Å². The lowest BCUT2D eigenvalue weighted by atomic mass is 10.2. The fraction of sp³-hybridized carbons (Fsp3) is 0.250. The van der Waals surface area contributed by atoms with Crippen LogP contribution >= 0.6 is 0 Å². The van der Waals surface area contributed by atoms with E-state index < -0.39 is 5.76 Å². The molecule has 0 atom stereocenters. The number of anilines is 1. The van der Waals surface area contributed by atoms with Gasteiger partial charge in [0.1, 0.15) is 5.75 Å². The lowest BCUT2D eigenvalue weighted by Gasteiger charge is -2.11. The Morgan fingerprint density at radius 2 is 1.96 bits per heavy atom. The highest BCUT2D eigenvalue weighted by molar-refractivity contribution is 6.10. The Hall–Kier alpha value is -3.55. The number of oxazole rings is 1. The second-order valence-electron chi connectivity index (χ2n) is 6.85.